The van der Waals surface area contributed by atoms with Gasteiger partial charge in [0, 0.05) is 6.04 Å². The highest BCUT2D eigenvalue weighted by Gasteiger charge is 2.31. The molecular formula is C13H17NO. The summed E-state index contributed by atoms with van der Waals surface area (Å²) in [4.78, 5) is 0. The second-order valence-corrected chi connectivity index (χ2v) is 4.79. The Morgan fingerprint density at radius 3 is 3.13 bits per heavy atom. The summed E-state index contributed by atoms with van der Waals surface area (Å²) in [6.45, 7) is 1.14. The van der Waals surface area contributed by atoms with E-state index in [1.807, 2.05) is 12.1 Å². The van der Waals surface area contributed by atoms with E-state index >= 15 is 0 Å². The Balaban J connectivity index is 1.95. The topological polar surface area (TPSA) is 32.3 Å². The lowest BCUT2D eigenvalue weighted by Crippen LogP contribution is -2.45. The zero-order valence-electron chi connectivity index (χ0n) is 8.87. The van der Waals surface area contributed by atoms with Crippen LogP contribution in [0.15, 0.2) is 18.2 Å². The highest BCUT2D eigenvalue weighted by atomic mass is 16.3. The maximum atomic E-state index is 9.82. The smallest absolute Gasteiger partial charge is 0.119 e. The summed E-state index contributed by atoms with van der Waals surface area (Å²) in [7, 11) is 0. The number of hydrogen-bond donors (Lipinski definition) is 2. The molecule has 15 heavy (non-hydrogen) atoms. The normalized spacial score (nSPS) is 29.3. The number of fused-ring (bicyclic) bond motifs is 2. The van der Waals surface area contributed by atoms with Crippen molar-refractivity contribution in [1.82, 2.24) is 5.32 Å². The quantitative estimate of drug-likeness (QED) is 0.674. The van der Waals surface area contributed by atoms with Gasteiger partial charge in [-0.2, -0.15) is 0 Å². The average molecular weight is 203 g/mol. The molecule has 0 aromatic heterocycles. The van der Waals surface area contributed by atoms with Crippen LogP contribution in [0.25, 0.3) is 0 Å². The lowest BCUT2D eigenvalue weighted by Gasteiger charge is -2.37. The van der Waals surface area contributed by atoms with E-state index in [4.69, 9.17) is 0 Å². The van der Waals surface area contributed by atoms with Crippen LogP contribution < -0.4 is 5.32 Å². The minimum atomic E-state index is 0.485. The van der Waals surface area contributed by atoms with Crippen molar-refractivity contribution in [2.45, 2.75) is 31.7 Å². The van der Waals surface area contributed by atoms with E-state index < -0.39 is 0 Å². The fourth-order valence-corrected chi connectivity index (χ4v) is 3.05. The number of rotatable bonds is 0. The van der Waals surface area contributed by atoms with E-state index in [2.05, 4.69) is 11.4 Å². The van der Waals surface area contributed by atoms with Crippen molar-refractivity contribution in [3.05, 3.63) is 29.3 Å². The summed E-state index contributed by atoms with van der Waals surface area (Å²) in [5.74, 6) is 1.27. The second kappa shape index (κ2) is 3.53. The van der Waals surface area contributed by atoms with E-state index in [1.165, 1.54) is 24.0 Å². The largest absolute Gasteiger partial charge is 0.508 e. The molecule has 2 N–H and O–H groups in total. The van der Waals surface area contributed by atoms with Gasteiger partial charge in [0.1, 0.15) is 5.75 Å². The van der Waals surface area contributed by atoms with Crippen molar-refractivity contribution in [2.24, 2.45) is 5.92 Å². The van der Waals surface area contributed by atoms with E-state index in [-0.39, 0.29) is 0 Å². The van der Waals surface area contributed by atoms with Gasteiger partial charge >= 0.3 is 0 Å². The maximum Gasteiger partial charge on any atom is 0.119 e. The van der Waals surface area contributed by atoms with Gasteiger partial charge in [-0.1, -0.05) is 12.1 Å². The highest BCUT2D eigenvalue weighted by Crippen LogP contribution is 2.34. The van der Waals surface area contributed by atoms with Crippen LogP contribution in [0.4, 0.5) is 0 Å². The lowest BCUT2D eigenvalue weighted by atomic mass is 9.76. The van der Waals surface area contributed by atoms with E-state index in [9.17, 15) is 5.11 Å². The van der Waals surface area contributed by atoms with Gasteiger partial charge in [-0.05, 0) is 55.3 Å². The zero-order chi connectivity index (χ0) is 10.3. The Bertz CT molecular complexity index is 375. The molecule has 0 bridgehead atoms. The van der Waals surface area contributed by atoms with Gasteiger partial charge in [-0.3, -0.25) is 0 Å². The fraction of sp³-hybridized carbons (Fsp3) is 0.538. The molecule has 1 aliphatic carbocycles. The Hall–Kier alpha value is -1.02. The standard InChI is InChI=1S/C13H17NO/c15-13-5-1-3-9-7-10-4-2-6-14-12(10)8-11(9)13/h1,3,5,10,12,14-15H,2,4,6-8H2/t10-,12-/m1/s1. The monoisotopic (exact) mass is 203 g/mol. The predicted octanol–water partition coefficient (Wildman–Crippen LogP) is 1.86. The third-order valence-corrected chi connectivity index (χ3v) is 3.88. The van der Waals surface area contributed by atoms with Gasteiger partial charge in [0.2, 0.25) is 0 Å². The molecule has 2 aliphatic rings. The van der Waals surface area contributed by atoms with E-state index in [0.29, 0.717) is 11.8 Å². The van der Waals surface area contributed by atoms with Crippen molar-refractivity contribution < 1.29 is 5.11 Å². The molecule has 1 fully saturated rings. The molecule has 1 saturated heterocycles. The highest BCUT2D eigenvalue weighted by molar-refractivity contribution is 5.42. The van der Waals surface area contributed by atoms with Crippen LogP contribution in [0.2, 0.25) is 0 Å². The van der Waals surface area contributed by atoms with Crippen LogP contribution in [0.5, 0.6) is 5.75 Å². The molecule has 2 nitrogen and oxygen atoms in total. The van der Waals surface area contributed by atoms with Crippen LogP contribution >= 0.6 is 0 Å². The van der Waals surface area contributed by atoms with Gasteiger partial charge in [0.05, 0.1) is 0 Å². The summed E-state index contributed by atoms with van der Waals surface area (Å²) in [6, 6.07) is 6.53. The van der Waals surface area contributed by atoms with Gasteiger partial charge in [-0.25, -0.2) is 0 Å². The van der Waals surface area contributed by atoms with Crippen LogP contribution in [0.3, 0.4) is 0 Å². The van der Waals surface area contributed by atoms with Crippen LogP contribution in [0.1, 0.15) is 24.0 Å². The van der Waals surface area contributed by atoms with Crippen LogP contribution in [-0.4, -0.2) is 17.7 Å². The first-order valence-corrected chi connectivity index (χ1v) is 5.88. The van der Waals surface area contributed by atoms with Crippen molar-refractivity contribution in [3.8, 4) is 5.75 Å². The number of piperidine rings is 1. The molecule has 0 saturated carbocycles. The summed E-state index contributed by atoms with van der Waals surface area (Å²) >= 11 is 0. The minimum absolute atomic E-state index is 0.485. The first-order valence-electron chi connectivity index (χ1n) is 5.88. The van der Waals surface area contributed by atoms with Crippen LogP contribution in [0, 0.1) is 5.92 Å². The molecule has 0 unspecified atom stereocenters. The summed E-state index contributed by atoms with van der Waals surface area (Å²) in [5, 5.41) is 13.4. The first-order chi connectivity index (χ1) is 7.34. The Kier molecular flexibility index (Phi) is 2.17. The third-order valence-electron chi connectivity index (χ3n) is 3.88. The Morgan fingerprint density at radius 2 is 2.20 bits per heavy atom. The number of phenols is 1. The molecule has 0 amide bonds. The summed E-state index contributed by atoms with van der Waals surface area (Å²) in [5.41, 5.74) is 2.54. The molecule has 1 aliphatic heterocycles. The molecule has 2 atom stereocenters. The first kappa shape index (κ1) is 9.22. The van der Waals surface area contributed by atoms with Gasteiger partial charge in [-0.15, -0.1) is 0 Å². The van der Waals surface area contributed by atoms with Gasteiger partial charge in [0.25, 0.3) is 0 Å². The summed E-state index contributed by atoms with van der Waals surface area (Å²) < 4.78 is 0. The zero-order valence-corrected chi connectivity index (χ0v) is 8.87. The number of nitrogens with one attached hydrogen (secondary N) is 1. The Labute approximate surface area is 90.3 Å². The van der Waals surface area contributed by atoms with Crippen molar-refractivity contribution in [1.29, 1.82) is 0 Å². The molecule has 1 aromatic rings. The Morgan fingerprint density at radius 1 is 1.27 bits per heavy atom. The second-order valence-electron chi connectivity index (χ2n) is 4.79. The van der Waals surface area contributed by atoms with Gasteiger partial charge in [0.15, 0.2) is 0 Å². The predicted molar refractivity (Wildman–Crippen MR) is 60.0 cm³/mol. The maximum absolute atomic E-state index is 9.82. The number of phenolic OH excluding ortho intramolecular Hbond substituents is 1. The number of hydrogen-bond acceptors (Lipinski definition) is 2. The molecule has 1 aromatic carbocycles. The van der Waals surface area contributed by atoms with Crippen molar-refractivity contribution in [2.75, 3.05) is 6.54 Å². The number of benzene rings is 1. The molecule has 1 heterocycles. The molecule has 80 valence electrons. The van der Waals surface area contributed by atoms with Gasteiger partial charge < -0.3 is 10.4 Å². The SMILES string of the molecule is Oc1cccc2c1C[C@H]1NCCC[C@@H]1C2. The average Bonchev–Trinajstić information content (AvgIpc) is 2.27. The molecule has 0 radical (unpaired) electrons. The molecule has 0 spiro atoms. The van der Waals surface area contributed by atoms with E-state index in [0.717, 1.165) is 25.3 Å². The molecule has 3 rings (SSSR count). The van der Waals surface area contributed by atoms with Crippen LogP contribution in [-0.2, 0) is 12.8 Å². The van der Waals surface area contributed by atoms with E-state index in [1.54, 1.807) is 0 Å². The van der Waals surface area contributed by atoms with Crippen molar-refractivity contribution in [3.63, 3.8) is 0 Å². The third kappa shape index (κ3) is 1.53. The van der Waals surface area contributed by atoms with Crippen molar-refractivity contribution >= 4 is 0 Å². The number of aromatic hydroxyl groups is 1. The fourth-order valence-electron chi connectivity index (χ4n) is 3.05. The molecule has 2 heteroatoms. The summed E-state index contributed by atoms with van der Waals surface area (Å²) in [6.07, 6.45) is 4.79. The molecular weight excluding hydrogens is 186 g/mol. The lowest BCUT2D eigenvalue weighted by molar-refractivity contribution is 0.260. The minimum Gasteiger partial charge on any atom is -0.508 e.